The first-order valence-electron chi connectivity index (χ1n) is 7.76. The monoisotopic (exact) mass is 347 g/mol. The van der Waals surface area contributed by atoms with Crippen molar-refractivity contribution in [3.05, 3.63) is 63.5 Å². The van der Waals surface area contributed by atoms with Gasteiger partial charge in [-0.3, -0.25) is 4.79 Å². The minimum Gasteiger partial charge on any atom is -0.324 e. The van der Waals surface area contributed by atoms with Gasteiger partial charge in [-0.2, -0.15) is 0 Å². The third-order valence-corrected chi connectivity index (χ3v) is 4.67. The van der Waals surface area contributed by atoms with Crippen molar-refractivity contribution >= 4 is 23.3 Å². The molecule has 1 aromatic heterocycles. The molecule has 0 radical (unpaired) electrons. The highest BCUT2D eigenvalue weighted by Crippen LogP contribution is 2.24. The summed E-state index contributed by atoms with van der Waals surface area (Å²) in [6.45, 7) is 4.03. The lowest BCUT2D eigenvalue weighted by atomic mass is 9.94. The first-order chi connectivity index (χ1) is 11.3. The van der Waals surface area contributed by atoms with Crippen molar-refractivity contribution < 1.29 is 4.79 Å². The molecule has 0 saturated heterocycles. The number of nitrogens with one attached hydrogen (secondary N) is 1. The molecule has 2 aromatic rings. The number of benzene rings is 1. The quantitative estimate of drug-likeness (QED) is 0.916. The van der Waals surface area contributed by atoms with Crippen LogP contribution in [0.25, 0.3) is 0 Å². The van der Waals surface area contributed by atoms with Gasteiger partial charge in [0.05, 0.1) is 0 Å². The fourth-order valence-electron chi connectivity index (χ4n) is 2.46. The first-order valence-corrected chi connectivity index (χ1v) is 8.14. The standard InChI is InChI=1S/C18H22ClN3O2/c1-12(14-7-9-15(19)10-8-14)13(2)22(4)18(24)20-16-6-5-11-21(3)17(16)23/h5-13H,1-4H3,(H,20,24)/t12-,13+/m1/s1. The Bertz CT molecular complexity index is 771. The number of rotatable bonds is 4. The molecule has 0 fully saturated rings. The molecule has 1 aromatic carbocycles. The number of halogens is 1. The fraction of sp³-hybridized carbons (Fsp3) is 0.333. The number of likely N-dealkylation sites (N-methyl/N-ethyl adjacent to an activating group) is 1. The molecule has 0 aliphatic carbocycles. The second-order valence-corrected chi connectivity index (χ2v) is 6.40. The molecule has 6 heteroatoms. The van der Waals surface area contributed by atoms with E-state index in [0.717, 1.165) is 5.56 Å². The smallest absolute Gasteiger partial charge is 0.321 e. The van der Waals surface area contributed by atoms with Crippen molar-refractivity contribution in [2.24, 2.45) is 7.05 Å². The molecule has 2 amide bonds. The Morgan fingerprint density at radius 1 is 1.21 bits per heavy atom. The van der Waals surface area contributed by atoms with E-state index in [2.05, 4.69) is 12.2 Å². The van der Waals surface area contributed by atoms with Crippen molar-refractivity contribution in [1.29, 1.82) is 0 Å². The number of amides is 2. The maximum absolute atomic E-state index is 12.5. The number of nitrogens with zero attached hydrogens (tertiary/aromatic N) is 2. The van der Waals surface area contributed by atoms with Crippen LogP contribution in [0, 0.1) is 0 Å². The van der Waals surface area contributed by atoms with E-state index in [0.29, 0.717) is 5.02 Å². The van der Waals surface area contributed by atoms with Crippen LogP contribution in [0.5, 0.6) is 0 Å². The number of carbonyl (C=O) groups excluding carboxylic acids is 1. The van der Waals surface area contributed by atoms with Crippen LogP contribution in [0.1, 0.15) is 25.3 Å². The van der Waals surface area contributed by atoms with Crippen LogP contribution >= 0.6 is 11.6 Å². The number of hydrogen-bond donors (Lipinski definition) is 1. The van der Waals surface area contributed by atoms with E-state index in [4.69, 9.17) is 11.6 Å². The second kappa shape index (κ2) is 7.53. The van der Waals surface area contributed by atoms with E-state index >= 15 is 0 Å². The average Bonchev–Trinajstić information content (AvgIpc) is 2.57. The second-order valence-electron chi connectivity index (χ2n) is 5.96. The lowest BCUT2D eigenvalue weighted by Gasteiger charge is -2.30. The average molecular weight is 348 g/mol. The topological polar surface area (TPSA) is 54.3 Å². The maximum atomic E-state index is 12.5. The number of aromatic nitrogens is 1. The summed E-state index contributed by atoms with van der Waals surface area (Å²) in [6.07, 6.45) is 1.65. The minimum absolute atomic E-state index is 0.0567. The summed E-state index contributed by atoms with van der Waals surface area (Å²) in [4.78, 5) is 26.1. The highest BCUT2D eigenvalue weighted by Gasteiger charge is 2.23. The summed E-state index contributed by atoms with van der Waals surface area (Å²) in [5, 5.41) is 3.36. The Labute approximate surface area is 146 Å². The normalized spacial score (nSPS) is 13.2. The van der Waals surface area contributed by atoms with Crippen molar-refractivity contribution in [3.63, 3.8) is 0 Å². The van der Waals surface area contributed by atoms with Crippen molar-refractivity contribution in [3.8, 4) is 0 Å². The van der Waals surface area contributed by atoms with Gasteiger partial charge in [-0.05, 0) is 36.8 Å². The predicted octanol–water partition coefficient (Wildman–Crippen LogP) is 3.69. The number of hydrogen-bond acceptors (Lipinski definition) is 2. The Morgan fingerprint density at radius 2 is 1.83 bits per heavy atom. The molecule has 24 heavy (non-hydrogen) atoms. The Kier molecular flexibility index (Phi) is 5.67. The third kappa shape index (κ3) is 3.97. The zero-order chi connectivity index (χ0) is 17.9. The van der Waals surface area contributed by atoms with Crippen LogP contribution in [0.3, 0.4) is 0 Å². The zero-order valence-corrected chi connectivity index (χ0v) is 15.0. The molecule has 0 bridgehead atoms. The molecule has 128 valence electrons. The Morgan fingerprint density at radius 3 is 2.46 bits per heavy atom. The molecule has 1 N–H and O–H groups in total. The molecular formula is C18H22ClN3O2. The maximum Gasteiger partial charge on any atom is 0.321 e. The van der Waals surface area contributed by atoms with Crippen LogP contribution in [0.4, 0.5) is 10.5 Å². The van der Waals surface area contributed by atoms with Gasteiger partial charge in [-0.15, -0.1) is 0 Å². The highest BCUT2D eigenvalue weighted by atomic mass is 35.5. The first kappa shape index (κ1) is 18.1. The van der Waals surface area contributed by atoms with E-state index in [-0.39, 0.29) is 29.2 Å². The third-order valence-electron chi connectivity index (χ3n) is 4.42. The molecular weight excluding hydrogens is 326 g/mol. The molecule has 2 atom stereocenters. The van der Waals surface area contributed by atoms with E-state index in [1.165, 1.54) is 4.57 Å². The van der Waals surface area contributed by atoms with Crippen molar-refractivity contribution in [2.45, 2.75) is 25.8 Å². The number of carbonyl (C=O) groups is 1. The largest absolute Gasteiger partial charge is 0.324 e. The summed E-state index contributed by atoms with van der Waals surface area (Å²) >= 11 is 5.92. The zero-order valence-electron chi connectivity index (χ0n) is 14.3. The highest BCUT2D eigenvalue weighted by molar-refractivity contribution is 6.30. The number of urea groups is 1. The van der Waals surface area contributed by atoms with Crippen LogP contribution in [-0.4, -0.2) is 28.6 Å². The Balaban J connectivity index is 2.10. The van der Waals surface area contributed by atoms with Gasteiger partial charge in [0.1, 0.15) is 5.69 Å². The van der Waals surface area contributed by atoms with Crippen LogP contribution in [0.15, 0.2) is 47.4 Å². The van der Waals surface area contributed by atoms with Gasteiger partial charge < -0.3 is 14.8 Å². The number of anilines is 1. The lowest BCUT2D eigenvalue weighted by molar-refractivity contribution is 0.201. The SMILES string of the molecule is C[C@@H](c1ccc(Cl)cc1)[C@H](C)N(C)C(=O)Nc1cccn(C)c1=O. The van der Waals surface area contributed by atoms with Gasteiger partial charge in [-0.1, -0.05) is 30.7 Å². The molecule has 1 heterocycles. The molecule has 0 spiro atoms. The van der Waals surface area contributed by atoms with E-state index < -0.39 is 0 Å². The summed E-state index contributed by atoms with van der Waals surface area (Å²) in [5.74, 6) is 0.122. The lowest BCUT2D eigenvalue weighted by Crippen LogP contribution is -2.41. The molecule has 0 saturated carbocycles. The number of aryl methyl sites for hydroxylation is 1. The Hall–Kier alpha value is -2.27. The van der Waals surface area contributed by atoms with Gasteiger partial charge in [0.25, 0.3) is 5.56 Å². The van der Waals surface area contributed by atoms with E-state index in [9.17, 15) is 9.59 Å². The van der Waals surface area contributed by atoms with E-state index in [1.807, 2.05) is 31.2 Å². The molecule has 0 aliphatic rings. The number of pyridine rings is 1. The van der Waals surface area contributed by atoms with Crippen molar-refractivity contribution in [2.75, 3.05) is 12.4 Å². The van der Waals surface area contributed by atoms with Crippen LogP contribution in [-0.2, 0) is 7.05 Å². The van der Waals surface area contributed by atoms with Gasteiger partial charge in [0.2, 0.25) is 0 Å². The van der Waals surface area contributed by atoms with Gasteiger partial charge in [0.15, 0.2) is 0 Å². The predicted molar refractivity (Wildman–Crippen MR) is 97.8 cm³/mol. The van der Waals surface area contributed by atoms with Crippen LogP contribution < -0.4 is 10.9 Å². The molecule has 0 aliphatic heterocycles. The van der Waals surface area contributed by atoms with Gasteiger partial charge >= 0.3 is 6.03 Å². The fourth-order valence-corrected chi connectivity index (χ4v) is 2.59. The van der Waals surface area contributed by atoms with E-state index in [1.54, 1.807) is 37.3 Å². The minimum atomic E-state index is -0.313. The molecule has 0 unspecified atom stereocenters. The summed E-state index contributed by atoms with van der Waals surface area (Å²) in [6, 6.07) is 10.6. The van der Waals surface area contributed by atoms with Gasteiger partial charge in [0, 0.05) is 37.3 Å². The van der Waals surface area contributed by atoms with Crippen molar-refractivity contribution in [1.82, 2.24) is 9.47 Å². The summed E-state index contributed by atoms with van der Waals surface area (Å²) in [5.41, 5.74) is 1.13. The van der Waals surface area contributed by atoms with Crippen LogP contribution in [0.2, 0.25) is 5.02 Å². The molecule has 2 rings (SSSR count). The summed E-state index contributed by atoms with van der Waals surface area (Å²) < 4.78 is 1.43. The van der Waals surface area contributed by atoms with Gasteiger partial charge in [-0.25, -0.2) is 4.79 Å². The molecule has 5 nitrogen and oxygen atoms in total. The summed E-state index contributed by atoms with van der Waals surface area (Å²) in [7, 11) is 3.37.